The second-order valence-electron chi connectivity index (χ2n) is 7.38. The highest BCUT2D eigenvalue weighted by Gasteiger charge is 2.34. The molecule has 2 fully saturated rings. The molecule has 1 heterocycles. The summed E-state index contributed by atoms with van der Waals surface area (Å²) < 4.78 is 27.2. The molecular weight excluding hydrogens is 344 g/mol. The minimum atomic E-state index is -3.35. The van der Waals surface area contributed by atoms with Crippen molar-refractivity contribution in [2.45, 2.75) is 36.6 Å². The molecule has 0 spiro atoms. The van der Waals surface area contributed by atoms with E-state index in [-0.39, 0.29) is 0 Å². The molecule has 0 amide bonds. The normalized spacial score (nSPS) is 19.4. The zero-order chi connectivity index (χ0) is 18.0. The quantitative estimate of drug-likeness (QED) is 0.777. The van der Waals surface area contributed by atoms with E-state index >= 15 is 0 Å². The van der Waals surface area contributed by atoms with Crippen LogP contribution in [-0.2, 0) is 10.0 Å². The Morgan fingerprint density at radius 2 is 1.42 bits per heavy atom. The van der Waals surface area contributed by atoms with Gasteiger partial charge in [-0.25, -0.2) is 8.42 Å². The van der Waals surface area contributed by atoms with E-state index in [1.807, 2.05) is 6.07 Å². The van der Waals surface area contributed by atoms with Crippen LogP contribution in [0.25, 0.3) is 0 Å². The van der Waals surface area contributed by atoms with Crippen LogP contribution < -0.4 is 4.90 Å². The minimum Gasteiger partial charge on any atom is -0.368 e. The van der Waals surface area contributed by atoms with Gasteiger partial charge in [0.05, 0.1) is 4.90 Å². The summed E-state index contributed by atoms with van der Waals surface area (Å²) in [6, 6.07) is 20.1. The third-order valence-electron chi connectivity index (χ3n) is 5.48. The van der Waals surface area contributed by atoms with E-state index < -0.39 is 10.0 Å². The molecule has 2 aromatic rings. The molecule has 1 saturated heterocycles. The number of sulfonamides is 1. The lowest BCUT2D eigenvalue weighted by Gasteiger charge is -2.35. The first-order chi connectivity index (χ1) is 12.6. The Kier molecular flexibility index (Phi) is 5.00. The predicted octanol–water partition coefficient (Wildman–Crippen LogP) is 3.76. The van der Waals surface area contributed by atoms with Gasteiger partial charge in [0.1, 0.15) is 0 Å². The fourth-order valence-electron chi connectivity index (χ4n) is 3.82. The van der Waals surface area contributed by atoms with Gasteiger partial charge in [0.25, 0.3) is 0 Å². The van der Waals surface area contributed by atoms with Gasteiger partial charge in [0, 0.05) is 31.4 Å². The number of benzene rings is 2. The minimum absolute atomic E-state index is 0.405. The monoisotopic (exact) mass is 370 g/mol. The van der Waals surface area contributed by atoms with Crippen molar-refractivity contribution in [1.29, 1.82) is 0 Å². The first kappa shape index (κ1) is 17.6. The van der Waals surface area contributed by atoms with Crippen LogP contribution >= 0.6 is 0 Å². The number of nitrogens with zero attached hydrogens (tertiary/aromatic N) is 2. The molecule has 5 heteroatoms. The zero-order valence-corrected chi connectivity index (χ0v) is 15.8. The summed E-state index contributed by atoms with van der Waals surface area (Å²) in [6.07, 6.45) is 4.41. The number of hydrogen-bond donors (Lipinski definition) is 0. The molecule has 1 aliphatic heterocycles. The van der Waals surface area contributed by atoms with Gasteiger partial charge >= 0.3 is 0 Å². The molecule has 0 atom stereocenters. The van der Waals surface area contributed by atoms with Crippen molar-refractivity contribution < 1.29 is 8.42 Å². The van der Waals surface area contributed by atoms with Crippen LogP contribution in [0.4, 0.5) is 5.69 Å². The van der Waals surface area contributed by atoms with Crippen LogP contribution in [0.3, 0.4) is 0 Å². The number of anilines is 1. The third kappa shape index (κ3) is 3.79. The molecule has 1 saturated carbocycles. The Bertz CT molecular complexity index is 812. The molecular formula is C21H26N2O2S. The van der Waals surface area contributed by atoms with Gasteiger partial charge in [-0.2, -0.15) is 4.31 Å². The van der Waals surface area contributed by atoms with Crippen molar-refractivity contribution in [1.82, 2.24) is 4.31 Å². The van der Waals surface area contributed by atoms with Gasteiger partial charge in [-0.1, -0.05) is 36.4 Å². The first-order valence-electron chi connectivity index (χ1n) is 9.51. The summed E-state index contributed by atoms with van der Waals surface area (Å²) in [5.74, 6) is 0.554. The number of hydrogen-bond acceptors (Lipinski definition) is 3. The number of para-hydroxylation sites is 1. The maximum atomic E-state index is 12.8. The average Bonchev–Trinajstić information content (AvgIpc) is 3.53. The van der Waals surface area contributed by atoms with Crippen molar-refractivity contribution in [3.8, 4) is 0 Å². The summed E-state index contributed by atoms with van der Waals surface area (Å²) >= 11 is 0. The van der Waals surface area contributed by atoms with Crippen LogP contribution in [0, 0.1) is 5.92 Å². The molecule has 4 rings (SSSR count). The highest BCUT2D eigenvalue weighted by atomic mass is 32.2. The number of rotatable bonds is 6. The Balaban J connectivity index is 1.39. The molecule has 2 aromatic carbocycles. The topological polar surface area (TPSA) is 40.6 Å². The molecule has 0 aromatic heterocycles. The second-order valence-corrected chi connectivity index (χ2v) is 9.32. The van der Waals surface area contributed by atoms with Gasteiger partial charge in [0.2, 0.25) is 10.0 Å². The third-order valence-corrected chi connectivity index (χ3v) is 7.40. The van der Waals surface area contributed by atoms with Crippen molar-refractivity contribution in [3.05, 3.63) is 60.7 Å². The summed E-state index contributed by atoms with van der Waals surface area (Å²) in [5, 5.41) is 0. The van der Waals surface area contributed by atoms with Crippen molar-refractivity contribution in [2.75, 3.05) is 24.5 Å². The molecule has 0 N–H and O–H groups in total. The smallest absolute Gasteiger partial charge is 0.243 e. The Labute approximate surface area is 156 Å². The molecule has 4 nitrogen and oxygen atoms in total. The van der Waals surface area contributed by atoms with E-state index in [9.17, 15) is 8.42 Å². The summed E-state index contributed by atoms with van der Waals surface area (Å²) in [4.78, 5) is 2.94. The second kappa shape index (κ2) is 7.41. The van der Waals surface area contributed by atoms with Gasteiger partial charge < -0.3 is 4.90 Å². The average molecular weight is 371 g/mol. The fourth-order valence-corrected chi connectivity index (χ4v) is 5.31. The van der Waals surface area contributed by atoms with Gasteiger partial charge in [-0.3, -0.25) is 0 Å². The van der Waals surface area contributed by atoms with E-state index in [0.717, 1.165) is 19.4 Å². The highest BCUT2D eigenvalue weighted by Crippen LogP contribution is 2.34. The van der Waals surface area contributed by atoms with Crippen LogP contribution in [-0.4, -0.2) is 38.4 Å². The molecule has 0 unspecified atom stereocenters. The SMILES string of the molecule is O=S(=O)(c1ccccc1)N1CCC(CN(c2ccccc2)C2CC2)CC1. The number of piperidine rings is 1. The molecule has 2 aliphatic rings. The predicted molar refractivity (Wildman–Crippen MR) is 105 cm³/mol. The van der Waals surface area contributed by atoms with E-state index in [1.165, 1.54) is 18.5 Å². The van der Waals surface area contributed by atoms with E-state index in [4.69, 9.17) is 0 Å². The van der Waals surface area contributed by atoms with Gasteiger partial charge in [-0.15, -0.1) is 0 Å². The Morgan fingerprint density at radius 1 is 0.846 bits per heavy atom. The van der Waals surface area contributed by atoms with Gasteiger partial charge in [0.15, 0.2) is 0 Å². The fraction of sp³-hybridized carbons (Fsp3) is 0.429. The lowest BCUT2D eigenvalue weighted by Crippen LogP contribution is -2.42. The molecule has 138 valence electrons. The van der Waals surface area contributed by atoms with E-state index in [0.29, 0.717) is 29.9 Å². The summed E-state index contributed by atoms with van der Waals surface area (Å²) in [6.45, 7) is 2.28. The van der Waals surface area contributed by atoms with Crippen molar-refractivity contribution in [2.24, 2.45) is 5.92 Å². The molecule has 1 aliphatic carbocycles. The Morgan fingerprint density at radius 3 is 2.00 bits per heavy atom. The summed E-state index contributed by atoms with van der Waals surface area (Å²) in [5.41, 5.74) is 1.30. The van der Waals surface area contributed by atoms with E-state index in [2.05, 4.69) is 35.2 Å². The van der Waals surface area contributed by atoms with Crippen LogP contribution in [0.2, 0.25) is 0 Å². The lowest BCUT2D eigenvalue weighted by molar-refractivity contribution is 0.274. The van der Waals surface area contributed by atoms with E-state index in [1.54, 1.807) is 28.6 Å². The van der Waals surface area contributed by atoms with Crippen molar-refractivity contribution in [3.63, 3.8) is 0 Å². The van der Waals surface area contributed by atoms with Gasteiger partial charge in [-0.05, 0) is 55.9 Å². The maximum absolute atomic E-state index is 12.8. The molecule has 0 radical (unpaired) electrons. The highest BCUT2D eigenvalue weighted by molar-refractivity contribution is 7.89. The van der Waals surface area contributed by atoms with Crippen molar-refractivity contribution >= 4 is 15.7 Å². The molecule has 26 heavy (non-hydrogen) atoms. The zero-order valence-electron chi connectivity index (χ0n) is 15.0. The standard InChI is InChI=1S/C21H26N2O2S/c24-26(25,21-9-5-2-6-10-21)22-15-13-18(14-16-22)17-23(20-11-12-20)19-7-3-1-4-8-19/h1-10,18,20H,11-17H2. The van der Waals surface area contributed by atoms with Crippen LogP contribution in [0.1, 0.15) is 25.7 Å². The lowest BCUT2D eigenvalue weighted by atomic mass is 9.97. The molecule has 0 bridgehead atoms. The van der Waals surface area contributed by atoms with Crippen LogP contribution in [0.5, 0.6) is 0 Å². The maximum Gasteiger partial charge on any atom is 0.243 e. The van der Waals surface area contributed by atoms with Crippen LogP contribution in [0.15, 0.2) is 65.6 Å². The Hall–Kier alpha value is -1.85. The first-order valence-corrected chi connectivity index (χ1v) is 11.0. The summed E-state index contributed by atoms with van der Waals surface area (Å²) in [7, 11) is -3.35. The largest absolute Gasteiger partial charge is 0.368 e.